The average molecular weight is 441 g/mol. The summed E-state index contributed by atoms with van der Waals surface area (Å²) >= 11 is 0. The van der Waals surface area contributed by atoms with Crippen LogP contribution in [0.2, 0.25) is 0 Å². The van der Waals surface area contributed by atoms with Gasteiger partial charge < -0.3 is 14.5 Å². The Bertz CT molecular complexity index is 874. The summed E-state index contributed by atoms with van der Waals surface area (Å²) in [6.07, 6.45) is 5.13. The molecule has 2 amide bonds. The Hall–Kier alpha value is -2.83. The Labute approximate surface area is 191 Å². The van der Waals surface area contributed by atoms with Crippen LogP contribution in [0.1, 0.15) is 59.1 Å². The van der Waals surface area contributed by atoms with Gasteiger partial charge in [-0.3, -0.25) is 9.48 Å². The smallest absolute Gasteiger partial charge is 0.410 e. The number of likely N-dealkylation sites (tertiary alicyclic amines) is 1. The molecule has 0 bridgehead atoms. The molecule has 1 aliphatic rings. The maximum Gasteiger partial charge on any atom is 0.410 e. The maximum atomic E-state index is 13.6. The van der Waals surface area contributed by atoms with Gasteiger partial charge in [-0.15, -0.1) is 0 Å². The molecule has 3 rings (SSSR count). The van der Waals surface area contributed by atoms with E-state index in [-0.39, 0.29) is 24.0 Å². The highest BCUT2D eigenvalue weighted by molar-refractivity contribution is 5.83. The average Bonchev–Trinajstić information content (AvgIpc) is 3.26. The predicted molar refractivity (Wildman–Crippen MR) is 124 cm³/mol. The molecule has 1 saturated heterocycles. The molecular formula is C25H36N4O3. The van der Waals surface area contributed by atoms with Gasteiger partial charge in [0.1, 0.15) is 5.60 Å². The monoisotopic (exact) mass is 440 g/mol. The van der Waals surface area contributed by atoms with Crippen LogP contribution in [0.25, 0.3) is 0 Å². The first-order valence-corrected chi connectivity index (χ1v) is 11.5. The van der Waals surface area contributed by atoms with Crippen LogP contribution in [0.15, 0.2) is 48.8 Å². The third-order valence-electron chi connectivity index (χ3n) is 5.68. The number of nitrogens with zero attached hydrogens (tertiary/aromatic N) is 4. The number of aromatic nitrogens is 2. The zero-order valence-corrected chi connectivity index (χ0v) is 19.9. The van der Waals surface area contributed by atoms with Gasteiger partial charge in [0, 0.05) is 38.1 Å². The van der Waals surface area contributed by atoms with Crippen molar-refractivity contribution in [1.82, 2.24) is 19.6 Å². The number of carbonyl (C=O) groups excluding carboxylic acids is 2. The van der Waals surface area contributed by atoms with Crippen molar-refractivity contribution in [3.8, 4) is 0 Å². The van der Waals surface area contributed by atoms with E-state index in [1.54, 1.807) is 15.8 Å². The van der Waals surface area contributed by atoms with Crippen molar-refractivity contribution in [1.29, 1.82) is 0 Å². The molecule has 0 N–H and O–H groups in total. The van der Waals surface area contributed by atoms with E-state index < -0.39 is 11.6 Å². The lowest BCUT2D eigenvalue weighted by Crippen LogP contribution is -2.49. The van der Waals surface area contributed by atoms with Crippen LogP contribution >= 0.6 is 0 Å². The summed E-state index contributed by atoms with van der Waals surface area (Å²) in [6, 6.07) is 11.1. The number of hydrogen-bond acceptors (Lipinski definition) is 4. The highest BCUT2D eigenvalue weighted by Gasteiger charge is 2.33. The summed E-state index contributed by atoms with van der Waals surface area (Å²) in [5.41, 5.74) is 0.381. The zero-order chi connectivity index (χ0) is 23.3. The van der Waals surface area contributed by atoms with Gasteiger partial charge >= 0.3 is 6.09 Å². The molecule has 1 fully saturated rings. The quantitative estimate of drug-likeness (QED) is 0.669. The molecule has 2 aromatic rings. The second-order valence-corrected chi connectivity index (χ2v) is 9.82. The van der Waals surface area contributed by atoms with Gasteiger partial charge in [-0.2, -0.15) is 5.10 Å². The van der Waals surface area contributed by atoms with Gasteiger partial charge in [-0.05, 0) is 65.0 Å². The Kier molecular flexibility index (Phi) is 7.59. The molecule has 174 valence electrons. The topological polar surface area (TPSA) is 67.7 Å². The lowest BCUT2D eigenvalue weighted by Gasteiger charge is -2.38. The van der Waals surface area contributed by atoms with Crippen molar-refractivity contribution in [2.75, 3.05) is 19.6 Å². The van der Waals surface area contributed by atoms with Crippen LogP contribution < -0.4 is 0 Å². The second kappa shape index (κ2) is 10.2. The van der Waals surface area contributed by atoms with Gasteiger partial charge in [0.05, 0.1) is 0 Å². The van der Waals surface area contributed by atoms with Gasteiger partial charge in [0.2, 0.25) is 0 Å². The fourth-order valence-corrected chi connectivity index (χ4v) is 4.16. The number of piperidine rings is 1. The predicted octanol–water partition coefficient (Wildman–Crippen LogP) is 4.36. The number of rotatable bonds is 6. The molecule has 1 aromatic carbocycles. The molecule has 0 aliphatic carbocycles. The van der Waals surface area contributed by atoms with Crippen LogP contribution in [-0.2, 0) is 9.53 Å². The molecule has 1 aromatic heterocycles. The number of benzene rings is 1. The van der Waals surface area contributed by atoms with E-state index in [4.69, 9.17) is 4.74 Å². The number of hydrogen-bond donors (Lipinski definition) is 0. The van der Waals surface area contributed by atoms with E-state index in [2.05, 4.69) is 5.10 Å². The van der Waals surface area contributed by atoms with Crippen molar-refractivity contribution in [3.05, 3.63) is 54.4 Å². The van der Waals surface area contributed by atoms with Crippen LogP contribution in [0, 0.1) is 5.92 Å². The summed E-state index contributed by atoms with van der Waals surface area (Å²) in [7, 11) is 0. The zero-order valence-electron chi connectivity index (χ0n) is 19.9. The van der Waals surface area contributed by atoms with Gasteiger partial charge in [-0.25, -0.2) is 4.79 Å². The molecule has 2 unspecified atom stereocenters. The molecule has 1 aliphatic heterocycles. The van der Waals surface area contributed by atoms with Gasteiger partial charge in [-0.1, -0.05) is 30.3 Å². The van der Waals surface area contributed by atoms with Crippen molar-refractivity contribution in [2.45, 2.75) is 65.1 Å². The fourth-order valence-electron chi connectivity index (χ4n) is 4.16. The Morgan fingerprint density at radius 3 is 2.50 bits per heavy atom. The van der Waals surface area contributed by atoms with Crippen LogP contribution in [0.4, 0.5) is 4.79 Å². The Balaban J connectivity index is 1.74. The van der Waals surface area contributed by atoms with E-state index in [1.165, 1.54) is 0 Å². The molecule has 7 nitrogen and oxygen atoms in total. The number of ether oxygens (including phenoxy) is 1. The third kappa shape index (κ3) is 6.11. The molecule has 2 heterocycles. The molecule has 7 heteroatoms. The summed E-state index contributed by atoms with van der Waals surface area (Å²) in [6.45, 7) is 11.5. The van der Waals surface area contributed by atoms with Gasteiger partial charge in [0.15, 0.2) is 6.04 Å². The van der Waals surface area contributed by atoms with Crippen molar-refractivity contribution in [3.63, 3.8) is 0 Å². The minimum atomic E-state index is -0.536. The minimum Gasteiger partial charge on any atom is -0.444 e. The maximum absolute atomic E-state index is 13.6. The SMILES string of the molecule is CC(C)N(CC1CCCN(C(=O)C(c2ccccc2)n2cccn2)C1)C(=O)OC(C)(C)C. The largest absolute Gasteiger partial charge is 0.444 e. The van der Waals surface area contributed by atoms with Crippen molar-refractivity contribution >= 4 is 12.0 Å². The minimum absolute atomic E-state index is 0.0251. The van der Waals surface area contributed by atoms with E-state index in [0.717, 1.165) is 18.4 Å². The Morgan fingerprint density at radius 1 is 1.19 bits per heavy atom. The Morgan fingerprint density at radius 2 is 1.91 bits per heavy atom. The van der Waals surface area contributed by atoms with E-state index in [1.807, 2.05) is 82.1 Å². The third-order valence-corrected chi connectivity index (χ3v) is 5.68. The standard InChI is InChI=1S/C25H36N4O3/c1-19(2)28(24(31)32-25(3,4)5)18-20-11-9-15-27(17-20)23(30)22(29-16-10-14-26-29)21-12-7-6-8-13-21/h6-8,10,12-14,16,19-20,22H,9,11,15,17-18H2,1-5H3. The lowest BCUT2D eigenvalue weighted by atomic mass is 9.95. The van der Waals surface area contributed by atoms with E-state index in [0.29, 0.717) is 19.6 Å². The van der Waals surface area contributed by atoms with Crippen LogP contribution in [0.5, 0.6) is 0 Å². The highest BCUT2D eigenvalue weighted by Crippen LogP contribution is 2.26. The normalized spacial score (nSPS) is 17.8. The second-order valence-electron chi connectivity index (χ2n) is 9.82. The van der Waals surface area contributed by atoms with Gasteiger partial charge in [0.25, 0.3) is 5.91 Å². The van der Waals surface area contributed by atoms with E-state index in [9.17, 15) is 9.59 Å². The first-order chi connectivity index (χ1) is 15.2. The molecular weight excluding hydrogens is 404 g/mol. The first-order valence-electron chi connectivity index (χ1n) is 11.5. The molecule has 0 saturated carbocycles. The van der Waals surface area contributed by atoms with Crippen molar-refractivity contribution in [2.24, 2.45) is 5.92 Å². The summed E-state index contributed by atoms with van der Waals surface area (Å²) < 4.78 is 7.34. The molecule has 0 spiro atoms. The van der Waals surface area contributed by atoms with Crippen LogP contribution in [0.3, 0.4) is 0 Å². The lowest BCUT2D eigenvalue weighted by molar-refractivity contribution is -0.135. The molecule has 0 radical (unpaired) electrons. The first kappa shape index (κ1) is 23.8. The highest BCUT2D eigenvalue weighted by atomic mass is 16.6. The number of carbonyl (C=O) groups is 2. The fraction of sp³-hybridized carbons (Fsp3) is 0.560. The number of amides is 2. The summed E-state index contributed by atoms with van der Waals surface area (Å²) in [5, 5.41) is 4.36. The van der Waals surface area contributed by atoms with Crippen LogP contribution in [-0.4, -0.2) is 62.9 Å². The van der Waals surface area contributed by atoms with E-state index >= 15 is 0 Å². The summed E-state index contributed by atoms with van der Waals surface area (Å²) in [4.78, 5) is 30.1. The summed E-state index contributed by atoms with van der Waals surface area (Å²) in [5.74, 6) is 0.245. The molecule has 2 atom stereocenters. The molecule has 32 heavy (non-hydrogen) atoms. The van der Waals surface area contributed by atoms with Crippen molar-refractivity contribution < 1.29 is 14.3 Å².